The molecule has 1 radical (unpaired) electrons. The Bertz CT molecular complexity index is 826. The Hall–Kier alpha value is -2.49. The number of amides is 2. The minimum Gasteiger partial charge on any atom is -0.383 e. The molecule has 1 saturated heterocycles. The number of hydrogen-bond acceptors (Lipinski definition) is 7. The van der Waals surface area contributed by atoms with E-state index in [9.17, 15) is 9.59 Å². The van der Waals surface area contributed by atoms with Crippen LogP contribution < -0.4 is 15.5 Å². The largest absolute Gasteiger partial charge is 0.383 e. The Morgan fingerprint density at radius 2 is 2.25 bits per heavy atom. The van der Waals surface area contributed by atoms with Gasteiger partial charge in [0, 0.05) is 39.2 Å². The number of benzene rings is 1. The van der Waals surface area contributed by atoms with Crippen molar-refractivity contribution >= 4 is 34.0 Å². The van der Waals surface area contributed by atoms with Crippen LogP contribution in [-0.4, -0.2) is 63.4 Å². The summed E-state index contributed by atoms with van der Waals surface area (Å²) in [5, 5.41) is 8.00. The second-order valence-corrected chi connectivity index (χ2v) is 7.11. The Morgan fingerprint density at radius 1 is 1.39 bits per heavy atom. The molecule has 1 atom stereocenters. The van der Waals surface area contributed by atoms with Crippen LogP contribution in [0, 0.1) is 6.07 Å². The molecule has 2 aromatic rings. The zero-order valence-corrected chi connectivity index (χ0v) is 16.7. The van der Waals surface area contributed by atoms with Crippen LogP contribution in [0.3, 0.4) is 0 Å². The summed E-state index contributed by atoms with van der Waals surface area (Å²) in [4.78, 5) is 31.5. The van der Waals surface area contributed by atoms with E-state index >= 15 is 0 Å². The van der Waals surface area contributed by atoms with Crippen molar-refractivity contribution < 1.29 is 19.1 Å². The van der Waals surface area contributed by atoms with E-state index in [0.717, 1.165) is 24.6 Å². The molecule has 0 bridgehead atoms. The predicted octanol–water partition coefficient (Wildman–Crippen LogP) is 1.80. The highest BCUT2D eigenvalue weighted by Gasteiger charge is 2.25. The van der Waals surface area contributed by atoms with Crippen LogP contribution in [0.4, 0.5) is 10.8 Å². The van der Waals surface area contributed by atoms with E-state index in [0.29, 0.717) is 24.5 Å². The lowest BCUT2D eigenvalue weighted by Crippen LogP contribution is -2.28. The van der Waals surface area contributed by atoms with Crippen molar-refractivity contribution in [1.29, 1.82) is 0 Å². The fourth-order valence-electron chi connectivity index (χ4n) is 2.88. The number of nitrogens with zero attached hydrogens (tertiary/aromatic N) is 2. The molecule has 2 heterocycles. The van der Waals surface area contributed by atoms with Gasteiger partial charge in [0.1, 0.15) is 5.69 Å². The lowest BCUT2D eigenvalue weighted by Gasteiger charge is -2.14. The van der Waals surface area contributed by atoms with Gasteiger partial charge < -0.3 is 25.0 Å². The Morgan fingerprint density at radius 3 is 3.00 bits per heavy atom. The predicted molar refractivity (Wildman–Crippen MR) is 107 cm³/mol. The Kier molecular flexibility index (Phi) is 6.96. The number of anilines is 2. The van der Waals surface area contributed by atoms with Crippen molar-refractivity contribution in [2.75, 3.05) is 50.7 Å². The quantitative estimate of drug-likeness (QED) is 0.653. The number of rotatable bonds is 8. The standard InChI is InChI=1S/C19H23N4O4S/c1-26-10-8-20-17(24)14-5-3-4-6-15(14)21-18(25)16-12-28-19(22-16)23-9-7-13(11-23)27-2/h3-4,6,12-13H,7-11H2,1-2H3,(H,20,24)(H,21,25)/t13-/m0/s1. The number of nitrogens with one attached hydrogen (secondary N) is 2. The average molecular weight is 403 g/mol. The van der Waals surface area contributed by atoms with Gasteiger partial charge in [-0.1, -0.05) is 12.1 Å². The molecule has 2 amide bonds. The fraction of sp³-hybridized carbons (Fsp3) is 0.421. The third-order valence-corrected chi connectivity index (χ3v) is 5.30. The van der Waals surface area contributed by atoms with Gasteiger partial charge in [-0.3, -0.25) is 9.59 Å². The second kappa shape index (κ2) is 9.63. The first kappa shape index (κ1) is 20.2. The molecule has 1 fully saturated rings. The summed E-state index contributed by atoms with van der Waals surface area (Å²) in [6.07, 6.45) is 1.14. The highest BCUT2D eigenvalue weighted by molar-refractivity contribution is 7.14. The molecule has 0 aliphatic carbocycles. The normalized spacial score (nSPS) is 16.2. The molecule has 1 aliphatic rings. The molecule has 9 heteroatoms. The number of carbonyl (C=O) groups excluding carboxylic acids is 2. The smallest absolute Gasteiger partial charge is 0.275 e. The van der Waals surface area contributed by atoms with Crippen molar-refractivity contribution in [3.8, 4) is 0 Å². The first-order chi connectivity index (χ1) is 13.6. The minimum atomic E-state index is -0.365. The molecule has 28 heavy (non-hydrogen) atoms. The lowest BCUT2D eigenvalue weighted by atomic mass is 10.1. The van der Waals surface area contributed by atoms with Crippen molar-refractivity contribution in [3.63, 3.8) is 0 Å². The summed E-state index contributed by atoms with van der Waals surface area (Å²) < 4.78 is 10.3. The van der Waals surface area contributed by atoms with E-state index in [-0.39, 0.29) is 23.5 Å². The molecule has 8 nitrogen and oxygen atoms in total. The summed E-state index contributed by atoms with van der Waals surface area (Å²) in [7, 11) is 3.26. The number of ether oxygens (including phenoxy) is 2. The molecule has 149 valence electrons. The number of carbonyl (C=O) groups is 2. The number of hydrogen-bond donors (Lipinski definition) is 2. The van der Waals surface area contributed by atoms with E-state index in [4.69, 9.17) is 9.47 Å². The van der Waals surface area contributed by atoms with Gasteiger partial charge in [0.15, 0.2) is 5.13 Å². The topological polar surface area (TPSA) is 92.8 Å². The molecule has 2 N–H and O–H groups in total. The molecule has 0 saturated carbocycles. The van der Waals surface area contributed by atoms with Gasteiger partial charge in [-0.05, 0) is 18.6 Å². The van der Waals surface area contributed by atoms with E-state index in [2.05, 4.69) is 26.6 Å². The van der Waals surface area contributed by atoms with Gasteiger partial charge in [-0.15, -0.1) is 11.3 Å². The van der Waals surface area contributed by atoms with Crippen molar-refractivity contribution in [2.24, 2.45) is 0 Å². The summed E-state index contributed by atoms with van der Waals surface area (Å²) in [6.45, 7) is 2.40. The van der Waals surface area contributed by atoms with E-state index in [1.165, 1.54) is 11.3 Å². The Balaban J connectivity index is 1.66. The third-order valence-electron chi connectivity index (χ3n) is 4.40. The Labute approximate surface area is 167 Å². The minimum absolute atomic E-state index is 0.195. The maximum Gasteiger partial charge on any atom is 0.275 e. The van der Waals surface area contributed by atoms with Gasteiger partial charge in [0.2, 0.25) is 0 Å². The molecule has 0 spiro atoms. The van der Waals surface area contributed by atoms with Gasteiger partial charge in [-0.25, -0.2) is 4.98 Å². The van der Waals surface area contributed by atoms with Crippen LogP contribution in [0.15, 0.2) is 23.6 Å². The molecular weight excluding hydrogens is 380 g/mol. The van der Waals surface area contributed by atoms with Crippen LogP contribution in [0.5, 0.6) is 0 Å². The van der Waals surface area contributed by atoms with Crippen LogP contribution in [-0.2, 0) is 9.47 Å². The number of thiazole rings is 1. The molecule has 3 rings (SSSR count). The van der Waals surface area contributed by atoms with E-state index in [1.54, 1.807) is 37.8 Å². The molecule has 1 aliphatic heterocycles. The first-order valence-corrected chi connectivity index (χ1v) is 9.82. The highest BCUT2D eigenvalue weighted by atomic mass is 32.1. The molecule has 0 unspecified atom stereocenters. The summed E-state index contributed by atoms with van der Waals surface area (Å²) >= 11 is 1.42. The lowest BCUT2D eigenvalue weighted by molar-refractivity contribution is 0.0937. The van der Waals surface area contributed by atoms with Crippen molar-refractivity contribution in [1.82, 2.24) is 10.3 Å². The van der Waals surface area contributed by atoms with Gasteiger partial charge in [0.25, 0.3) is 11.8 Å². The van der Waals surface area contributed by atoms with Crippen molar-refractivity contribution in [2.45, 2.75) is 12.5 Å². The molecular formula is C19H23N4O4S. The zero-order chi connectivity index (χ0) is 19.9. The SMILES string of the molecule is COCCNC(=O)c1[c]cccc1NC(=O)c1csc(N2CC[C@H](OC)C2)n1. The zero-order valence-electron chi connectivity index (χ0n) is 15.9. The van der Waals surface area contributed by atoms with Crippen molar-refractivity contribution in [3.05, 3.63) is 40.9 Å². The van der Waals surface area contributed by atoms with Crippen LogP contribution in [0.2, 0.25) is 0 Å². The monoisotopic (exact) mass is 403 g/mol. The van der Waals surface area contributed by atoms with Crippen LogP contribution >= 0.6 is 11.3 Å². The summed E-state index contributed by atoms with van der Waals surface area (Å²) in [5.41, 5.74) is 0.970. The third kappa shape index (κ3) is 4.86. The first-order valence-electron chi connectivity index (χ1n) is 8.94. The average Bonchev–Trinajstić information content (AvgIpc) is 3.38. The highest BCUT2D eigenvalue weighted by Crippen LogP contribution is 2.26. The van der Waals surface area contributed by atoms with Gasteiger partial charge >= 0.3 is 0 Å². The summed E-state index contributed by atoms with van der Waals surface area (Å²) in [5.74, 6) is -0.690. The van der Waals surface area contributed by atoms with E-state index in [1.807, 2.05) is 0 Å². The number of aromatic nitrogens is 1. The van der Waals surface area contributed by atoms with Gasteiger partial charge in [-0.2, -0.15) is 0 Å². The molecule has 1 aromatic heterocycles. The molecule has 1 aromatic carbocycles. The number of methoxy groups -OCH3 is 2. The maximum atomic E-state index is 12.6. The van der Waals surface area contributed by atoms with E-state index < -0.39 is 0 Å². The second-order valence-electron chi connectivity index (χ2n) is 6.27. The fourth-order valence-corrected chi connectivity index (χ4v) is 3.72. The maximum absolute atomic E-state index is 12.6. The van der Waals surface area contributed by atoms with Crippen LogP contribution in [0.25, 0.3) is 0 Å². The van der Waals surface area contributed by atoms with Gasteiger partial charge in [0.05, 0.1) is 24.0 Å². The summed E-state index contributed by atoms with van der Waals surface area (Å²) in [6, 6.07) is 7.88. The van der Waals surface area contributed by atoms with Crippen LogP contribution in [0.1, 0.15) is 27.3 Å².